The predicted molar refractivity (Wildman–Crippen MR) is 75.7 cm³/mol. The Morgan fingerprint density at radius 1 is 1.21 bits per heavy atom. The van der Waals surface area contributed by atoms with E-state index in [2.05, 4.69) is 34.2 Å². The summed E-state index contributed by atoms with van der Waals surface area (Å²) in [6.45, 7) is 9.14. The van der Waals surface area contributed by atoms with Crippen molar-refractivity contribution in [1.82, 2.24) is 25.1 Å². The smallest absolute Gasteiger partial charge is 0.162 e. The third-order valence-electron chi connectivity index (χ3n) is 3.07. The number of nitrogens with one attached hydrogen (secondary N) is 1. The van der Waals surface area contributed by atoms with Crippen molar-refractivity contribution in [2.45, 2.75) is 40.3 Å². The quantitative estimate of drug-likeness (QED) is 0.912. The van der Waals surface area contributed by atoms with Gasteiger partial charge in [0.25, 0.3) is 0 Å². The van der Waals surface area contributed by atoms with Crippen LogP contribution in [0.4, 0.5) is 0 Å². The molecular weight excluding hydrogens is 238 g/mol. The summed E-state index contributed by atoms with van der Waals surface area (Å²) in [4.78, 5) is 9.18. The van der Waals surface area contributed by atoms with E-state index in [0.717, 1.165) is 29.3 Å². The van der Waals surface area contributed by atoms with Crippen molar-refractivity contribution in [1.29, 1.82) is 0 Å². The number of hydrogen-bond acceptors (Lipinski definition) is 4. The van der Waals surface area contributed by atoms with Crippen molar-refractivity contribution >= 4 is 0 Å². The molecule has 0 aromatic carbocycles. The predicted octanol–water partition coefficient (Wildman–Crippen LogP) is 1.99. The molecule has 2 aromatic heterocycles. The van der Waals surface area contributed by atoms with Gasteiger partial charge in [0.05, 0.1) is 11.8 Å². The first-order valence-electron chi connectivity index (χ1n) is 6.54. The molecule has 0 unspecified atom stereocenters. The monoisotopic (exact) mass is 259 g/mol. The van der Waals surface area contributed by atoms with Gasteiger partial charge in [0.2, 0.25) is 0 Å². The summed E-state index contributed by atoms with van der Waals surface area (Å²) in [5.41, 5.74) is 4.19. The molecule has 0 aliphatic rings. The minimum absolute atomic E-state index is 0.455. The molecule has 2 heterocycles. The van der Waals surface area contributed by atoms with E-state index in [1.165, 1.54) is 5.56 Å². The van der Waals surface area contributed by atoms with Crippen molar-refractivity contribution in [3.8, 4) is 11.4 Å². The standard InChI is InChI=1S/C14H21N5/c1-9(2)15-7-13-10(3)17-14(18-11(13)4)12-6-16-19(5)8-12/h6,8-9,15H,7H2,1-5H3. The minimum Gasteiger partial charge on any atom is -0.310 e. The summed E-state index contributed by atoms with van der Waals surface area (Å²) in [5, 5.41) is 7.57. The van der Waals surface area contributed by atoms with Crippen LogP contribution in [0.1, 0.15) is 30.8 Å². The fourth-order valence-electron chi connectivity index (χ4n) is 1.97. The maximum Gasteiger partial charge on any atom is 0.162 e. The summed E-state index contributed by atoms with van der Waals surface area (Å²) in [5.74, 6) is 0.747. The Hall–Kier alpha value is -1.75. The molecule has 2 rings (SSSR count). The Labute approximate surface area is 114 Å². The van der Waals surface area contributed by atoms with Crippen molar-refractivity contribution in [3.05, 3.63) is 29.3 Å². The van der Waals surface area contributed by atoms with E-state index in [4.69, 9.17) is 0 Å². The van der Waals surface area contributed by atoms with Gasteiger partial charge >= 0.3 is 0 Å². The van der Waals surface area contributed by atoms with Gasteiger partial charge in [-0.05, 0) is 13.8 Å². The molecule has 1 N–H and O–H groups in total. The van der Waals surface area contributed by atoms with Crippen molar-refractivity contribution < 1.29 is 0 Å². The van der Waals surface area contributed by atoms with Crippen LogP contribution in [0.3, 0.4) is 0 Å². The second-order valence-electron chi connectivity index (χ2n) is 5.13. The van der Waals surface area contributed by atoms with E-state index in [-0.39, 0.29) is 0 Å². The highest BCUT2D eigenvalue weighted by Gasteiger charge is 2.11. The first-order chi connectivity index (χ1) is 8.97. The Kier molecular flexibility index (Phi) is 3.95. The van der Waals surface area contributed by atoms with Crippen LogP contribution >= 0.6 is 0 Å². The Balaban J connectivity index is 2.31. The van der Waals surface area contributed by atoms with Crippen LogP contribution < -0.4 is 5.32 Å². The lowest BCUT2D eigenvalue weighted by Crippen LogP contribution is -2.23. The minimum atomic E-state index is 0.455. The van der Waals surface area contributed by atoms with Crippen LogP contribution in [0.15, 0.2) is 12.4 Å². The van der Waals surface area contributed by atoms with Crippen LogP contribution in [-0.4, -0.2) is 25.8 Å². The van der Waals surface area contributed by atoms with Gasteiger partial charge in [-0.15, -0.1) is 0 Å². The van der Waals surface area contributed by atoms with Crippen molar-refractivity contribution in [3.63, 3.8) is 0 Å². The maximum absolute atomic E-state index is 4.59. The highest BCUT2D eigenvalue weighted by Crippen LogP contribution is 2.18. The van der Waals surface area contributed by atoms with Crippen LogP contribution in [0.25, 0.3) is 11.4 Å². The summed E-state index contributed by atoms with van der Waals surface area (Å²) in [7, 11) is 1.89. The largest absolute Gasteiger partial charge is 0.310 e. The van der Waals surface area contributed by atoms with Crippen LogP contribution in [0.5, 0.6) is 0 Å². The van der Waals surface area contributed by atoms with E-state index in [9.17, 15) is 0 Å². The topological polar surface area (TPSA) is 55.6 Å². The highest BCUT2D eigenvalue weighted by atomic mass is 15.2. The molecule has 102 valence electrons. The average Bonchev–Trinajstić information content (AvgIpc) is 2.74. The molecule has 5 nitrogen and oxygen atoms in total. The Morgan fingerprint density at radius 2 is 1.84 bits per heavy atom. The van der Waals surface area contributed by atoms with E-state index < -0.39 is 0 Å². The molecule has 0 spiro atoms. The molecule has 5 heteroatoms. The van der Waals surface area contributed by atoms with Gasteiger partial charge in [0, 0.05) is 42.8 Å². The van der Waals surface area contributed by atoms with Gasteiger partial charge in [-0.1, -0.05) is 13.8 Å². The SMILES string of the molecule is Cc1nc(-c2cnn(C)c2)nc(C)c1CNC(C)C. The third-order valence-corrected chi connectivity index (χ3v) is 3.07. The molecule has 19 heavy (non-hydrogen) atoms. The second kappa shape index (κ2) is 5.48. The molecule has 0 saturated carbocycles. The summed E-state index contributed by atoms with van der Waals surface area (Å²) in [6.07, 6.45) is 3.72. The zero-order valence-corrected chi connectivity index (χ0v) is 12.2. The van der Waals surface area contributed by atoms with Gasteiger partial charge in [-0.25, -0.2) is 9.97 Å². The summed E-state index contributed by atoms with van der Waals surface area (Å²) >= 11 is 0. The molecule has 0 amide bonds. The van der Waals surface area contributed by atoms with Crippen LogP contribution in [0.2, 0.25) is 0 Å². The molecule has 0 radical (unpaired) electrons. The van der Waals surface area contributed by atoms with Crippen LogP contribution in [0, 0.1) is 13.8 Å². The van der Waals surface area contributed by atoms with Gasteiger partial charge in [-0.2, -0.15) is 5.10 Å². The number of hydrogen-bond donors (Lipinski definition) is 1. The van der Waals surface area contributed by atoms with E-state index in [0.29, 0.717) is 6.04 Å². The molecular formula is C14H21N5. The molecule has 0 fully saturated rings. The molecule has 0 aliphatic heterocycles. The summed E-state index contributed by atoms with van der Waals surface area (Å²) in [6, 6.07) is 0.455. The first kappa shape index (κ1) is 13.7. The molecule has 2 aromatic rings. The second-order valence-corrected chi connectivity index (χ2v) is 5.13. The Morgan fingerprint density at radius 3 is 2.32 bits per heavy atom. The van der Waals surface area contributed by atoms with Gasteiger partial charge in [0.1, 0.15) is 0 Å². The van der Waals surface area contributed by atoms with E-state index >= 15 is 0 Å². The average molecular weight is 259 g/mol. The Bertz CT molecular complexity index is 548. The number of rotatable bonds is 4. The normalized spacial score (nSPS) is 11.3. The number of aromatic nitrogens is 4. The summed E-state index contributed by atoms with van der Waals surface area (Å²) < 4.78 is 1.76. The van der Waals surface area contributed by atoms with Crippen molar-refractivity contribution in [2.24, 2.45) is 7.05 Å². The fourth-order valence-corrected chi connectivity index (χ4v) is 1.97. The zero-order chi connectivity index (χ0) is 14.0. The zero-order valence-electron chi connectivity index (χ0n) is 12.2. The molecule has 0 bridgehead atoms. The number of aryl methyl sites for hydroxylation is 3. The lowest BCUT2D eigenvalue weighted by Gasteiger charge is -2.13. The lowest BCUT2D eigenvalue weighted by molar-refractivity contribution is 0.583. The molecule has 0 aliphatic carbocycles. The van der Waals surface area contributed by atoms with Crippen molar-refractivity contribution in [2.75, 3.05) is 0 Å². The van der Waals surface area contributed by atoms with Crippen LogP contribution in [-0.2, 0) is 13.6 Å². The molecule has 0 saturated heterocycles. The third kappa shape index (κ3) is 3.17. The van der Waals surface area contributed by atoms with Gasteiger partial charge in [0.15, 0.2) is 5.82 Å². The fraction of sp³-hybridized carbons (Fsp3) is 0.500. The molecule has 0 atom stereocenters. The highest BCUT2D eigenvalue weighted by molar-refractivity contribution is 5.53. The first-order valence-corrected chi connectivity index (χ1v) is 6.54. The van der Waals surface area contributed by atoms with E-state index in [1.54, 1.807) is 10.9 Å². The maximum atomic E-state index is 4.59. The van der Waals surface area contributed by atoms with Gasteiger partial charge < -0.3 is 5.32 Å². The van der Waals surface area contributed by atoms with E-state index in [1.807, 2.05) is 27.1 Å². The lowest BCUT2D eigenvalue weighted by atomic mass is 10.1. The van der Waals surface area contributed by atoms with Gasteiger partial charge in [-0.3, -0.25) is 4.68 Å². The number of nitrogens with zero attached hydrogens (tertiary/aromatic N) is 4.